The van der Waals surface area contributed by atoms with Crippen LogP contribution in [0.5, 0.6) is 11.5 Å². The molecule has 1 heterocycles. The van der Waals surface area contributed by atoms with Crippen molar-refractivity contribution in [3.63, 3.8) is 0 Å². The Hall–Kier alpha value is -3.48. The van der Waals surface area contributed by atoms with Gasteiger partial charge in [0.1, 0.15) is 17.3 Å². The minimum atomic E-state index is -0.978. The first-order valence-corrected chi connectivity index (χ1v) is 12.2. The highest BCUT2D eigenvalue weighted by molar-refractivity contribution is 6.52. The number of aliphatic hydroxyl groups is 1. The first-order chi connectivity index (χ1) is 17.1. The molecule has 1 atom stereocenters. The predicted molar refractivity (Wildman–Crippen MR) is 141 cm³/mol. The molecule has 3 aromatic carbocycles. The fourth-order valence-corrected chi connectivity index (χ4v) is 4.85. The summed E-state index contributed by atoms with van der Waals surface area (Å²) in [6, 6.07) is 14.9. The second-order valence-electron chi connectivity index (χ2n) is 8.73. The Labute approximate surface area is 219 Å². The van der Waals surface area contributed by atoms with Crippen LogP contribution < -0.4 is 9.64 Å². The molecule has 0 radical (unpaired) electrons. The van der Waals surface area contributed by atoms with Crippen LogP contribution in [0.3, 0.4) is 0 Å². The summed E-state index contributed by atoms with van der Waals surface area (Å²) in [7, 11) is 0. The second-order valence-corrected chi connectivity index (χ2v) is 9.60. The van der Waals surface area contributed by atoms with Crippen molar-refractivity contribution in [1.82, 2.24) is 0 Å². The highest BCUT2D eigenvalue weighted by atomic mass is 35.5. The van der Waals surface area contributed by atoms with Crippen LogP contribution >= 0.6 is 23.2 Å². The zero-order valence-electron chi connectivity index (χ0n) is 20.0. The lowest BCUT2D eigenvalue weighted by Crippen LogP contribution is -2.29. The van der Waals surface area contributed by atoms with Gasteiger partial charge in [0, 0.05) is 21.3 Å². The minimum absolute atomic E-state index is 0.0228. The van der Waals surface area contributed by atoms with E-state index >= 15 is 0 Å². The van der Waals surface area contributed by atoms with E-state index in [-0.39, 0.29) is 33.0 Å². The van der Waals surface area contributed by atoms with E-state index in [0.717, 1.165) is 5.56 Å². The molecule has 0 aromatic heterocycles. The highest BCUT2D eigenvalue weighted by Crippen LogP contribution is 2.44. The van der Waals surface area contributed by atoms with Crippen LogP contribution in [-0.4, -0.2) is 28.5 Å². The van der Waals surface area contributed by atoms with Gasteiger partial charge >= 0.3 is 0 Å². The fourth-order valence-electron chi connectivity index (χ4n) is 4.34. The molecule has 0 aliphatic carbocycles. The number of hydrogen-bond acceptors (Lipinski definition) is 5. The number of aliphatic hydroxyl groups excluding tert-OH is 1. The second kappa shape index (κ2) is 10.2. The van der Waals surface area contributed by atoms with Crippen molar-refractivity contribution in [2.45, 2.75) is 32.7 Å². The van der Waals surface area contributed by atoms with Gasteiger partial charge in [0.25, 0.3) is 11.7 Å². The number of nitrogens with zero attached hydrogens (tertiary/aromatic N) is 1. The van der Waals surface area contributed by atoms with Gasteiger partial charge in [-0.1, -0.05) is 49.2 Å². The Kier molecular flexibility index (Phi) is 7.29. The van der Waals surface area contributed by atoms with Gasteiger partial charge in [0.2, 0.25) is 0 Å². The average Bonchev–Trinajstić information content (AvgIpc) is 3.09. The molecule has 1 aliphatic heterocycles. The maximum absolute atomic E-state index is 13.4. The van der Waals surface area contributed by atoms with Gasteiger partial charge in [0.15, 0.2) is 0 Å². The van der Waals surface area contributed by atoms with E-state index in [1.807, 2.05) is 20.8 Å². The maximum Gasteiger partial charge on any atom is 0.300 e. The quantitative estimate of drug-likeness (QED) is 0.209. The third kappa shape index (κ3) is 4.79. The SMILES string of the molecule is CCOc1ccc(/C(O)=C2/C(=O)C(=O)N(c3cc(Cl)cc(Cl)c3)C2c2ccc(O)cc2)cc1C(C)C. The first-order valence-electron chi connectivity index (χ1n) is 11.5. The first kappa shape index (κ1) is 25.6. The number of aromatic hydroxyl groups is 1. The molecule has 1 amide bonds. The zero-order valence-corrected chi connectivity index (χ0v) is 21.5. The van der Waals surface area contributed by atoms with Gasteiger partial charge in [-0.25, -0.2) is 0 Å². The topological polar surface area (TPSA) is 87.1 Å². The van der Waals surface area contributed by atoms with Crippen LogP contribution in [0.4, 0.5) is 5.69 Å². The Bertz CT molecular complexity index is 1340. The molecule has 4 rings (SSSR count). The Balaban J connectivity index is 1.95. The average molecular weight is 526 g/mol. The smallest absolute Gasteiger partial charge is 0.300 e. The molecule has 186 valence electrons. The lowest BCUT2D eigenvalue weighted by molar-refractivity contribution is -0.132. The number of Topliss-reactive ketones (excluding diaryl/α,β-unsaturated/α-hetero) is 1. The predicted octanol–water partition coefficient (Wildman–Crippen LogP) is 6.85. The van der Waals surface area contributed by atoms with Gasteiger partial charge in [-0.05, 0) is 72.5 Å². The molecule has 2 N–H and O–H groups in total. The van der Waals surface area contributed by atoms with Gasteiger partial charge < -0.3 is 14.9 Å². The van der Waals surface area contributed by atoms with Crippen molar-refractivity contribution >= 4 is 46.3 Å². The summed E-state index contributed by atoms with van der Waals surface area (Å²) in [5.41, 5.74) is 1.98. The van der Waals surface area contributed by atoms with Crippen LogP contribution in [-0.2, 0) is 9.59 Å². The van der Waals surface area contributed by atoms with Crippen LogP contribution in [0.25, 0.3) is 5.76 Å². The summed E-state index contributed by atoms with van der Waals surface area (Å²) in [5.74, 6) is -1.19. The number of halogens is 2. The Morgan fingerprint density at radius 3 is 2.22 bits per heavy atom. The molecule has 0 bridgehead atoms. The third-order valence-electron chi connectivity index (χ3n) is 5.98. The van der Waals surface area contributed by atoms with Gasteiger partial charge in [-0.2, -0.15) is 0 Å². The summed E-state index contributed by atoms with van der Waals surface area (Å²) in [6.45, 7) is 6.37. The van der Waals surface area contributed by atoms with E-state index in [0.29, 0.717) is 29.2 Å². The summed E-state index contributed by atoms with van der Waals surface area (Å²) in [4.78, 5) is 27.9. The van der Waals surface area contributed by atoms with E-state index in [1.54, 1.807) is 30.3 Å². The van der Waals surface area contributed by atoms with Crippen molar-refractivity contribution in [2.75, 3.05) is 11.5 Å². The molecule has 0 spiro atoms. The van der Waals surface area contributed by atoms with Crippen LogP contribution in [0.1, 0.15) is 49.4 Å². The fraction of sp³-hybridized carbons (Fsp3) is 0.214. The monoisotopic (exact) mass is 525 g/mol. The number of phenols is 1. The van der Waals surface area contributed by atoms with E-state index in [1.165, 1.54) is 35.2 Å². The molecule has 1 saturated heterocycles. The van der Waals surface area contributed by atoms with Crippen molar-refractivity contribution < 1.29 is 24.5 Å². The van der Waals surface area contributed by atoms with E-state index in [4.69, 9.17) is 27.9 Å². The number of anilines is 1. The Morgan fingerprint density at radius 1 is 1.00 bits per heavy atom. The highest BCUT2D eigenvalue weighted by Gasteiger charge is 2.47. The van der Waals surface area contributed by atoms with Crippen molar-refractivity contribution in [3.8, 4) is 11.5 Å². The number of rotatable bonds is 6. The van der Waals surface area contributed by atoms with Crippen molar-refractivity contribution in [3.05, 3.63) is 93.0 Å². The van der Waals surface area contributed by atoms with Gasteiger partial charge in [0.05, 0.1) is 18.2 Å². The van der Waals surface area contributed by atoms with Crippen LogP contribution in [0.2, 0.25) is 10.0 Å². The molecule has 36 heavy (non-hydrogen) atoms. The maximum atomic E-state index is 13.4. The minimum Gasteiger partial charge on any atom is -0.508 e. The number of benzene rings is 3. The zero-order chi connectivity index (χ0) is 26.1. The summed E-state index contributed by atoms with van der Waals surface area (Å²) in [5, 5.41) is 21.8. The van der Waals surface area contributed by atoms with Crippen molar-refractivity contribution in [2.24, 2.45) is 0 Å². The number of amides is 1. The van der Waals surface area contributed by atoms with Crippen molar-refractivity contribution in [1.29, 1.82) is 0 Å². The van der Waals surface area contributed by atoms with Gasteiger partial charge in [-0.3, -0.25) is 14.5 Å². The number of carbonyl (C=O) groups excluding carboxylic acids is 2. The molecule has 3 aromatic rings. The lowest BCUT2D eigenvalue weighted by Gasteiger charge is -2.26. The van der Waals surface area contributed by atoms with E-state index in [9.17, 15) is 19.8 Å². The third-order valence-corrected chi connectivity index (χ3v) is 6.42. The number of hydrogen-bond donors (Lipinski definition) is 2. The number of ether oxygens (including phenoxy) is 1. The van der Waals surface area contributed by atoms with Crippen LogP contribution in [0.15, 0.2) is 66.2 Å². The summed E-state index contributed by atoms with van der Waals surface area (Å²) in [6.07, 6.45) is 0. The molecule has 0 saturated carbocycles. The number of carbonyl (C=O) groups is 2. The van der Waals surface area contributed by atoms with Gasteiger partial charge in [-0.15, -0.1) is 0 Å². The molecule has 8 heteroatoms. The number of ketones is 1. The Morgan fingerprint density at radius 2 is 1.64 bits per heavy atom. The largest absolute Gasteiger partial charge is 0.508 e. The summed E-state index contributed by atoms with van der Waals surface area (Å²) >= 11 is 12.4. The van der Waals surface area contributed by atoms with E-state index in [2.05, 4.69) is 0 Å². The molecular formula is C28H25Cl2NO5. The molecule has 1 fully saturated rings. The normalized spacial score (nSPS) is 17.2. The van der Waals surface area contributed by atoms with E-state index < -0.39 is 17.7 Å². The lowest BCUT2D eigenvalue weighted by atomic mass is 9.93. The summed E-state index contributed by atoms with van der Waals surface area (Å²) < 4.78 is 5.72. The molecule has 1 aliphatic rings. The van der Waals surface area contributed by atoms with Crippen LogP contribution in [0, 0.1) is 0 Å². The molecule has 1 unspecified atom stereocenters. The number of phenolic OH excluding ortho intramolecular Hbond substituents is 1. The standard InChI is InChI=1S/C28H25Cl2NO5/c1-4-36-23-10-7-17(11-22(23)15(2)3)26(33)24-25(16-5-8-21(32)9-6-16)31(28(35)27(24)34)20-13-18(29)12-19(30)14-20/h5-15,25,32-33H,4H2,1-3H3/b26-24-. The molecular weight excluding hydrogens is 501 g/mol. The molecule has 6 nitrogen and oxygen atoms in total.